The summed E-state index contributed by atoms with van der Waals surface area (Å²) in [6, 6.07) is 28.3. The average molecular weight is 443 g/mol. The third-order valence-electron chi connectivity index (χ3n) is 5.78. The fourth-order valence-corrected chi connectivity index (χ4v) is 4.06. The molecule has 1 amide bonds. The fraction of sp³-hybridized carbons (Fsp3) is 0.214. The first-order valence-corrected chi connectivity index (χ1v) is 10.9. The number of carboxylic acid groups (broad SMARTS) is 1. The molecule has 0 spiro atoms. The van der Waals surface area contributed by atoms with Crippen LogP contribution >= 0.6 is 0 Å². The van der Waals surface area contributed by atoms with Gasteiger partial charge in [0.05, 0.1) is 0 Å². The number of amides is 1. The quantitative estimate of drug-likeness (QED) is 0.392. The van der Waals surface area contributed by atoms with E-state index in [-0.39, 0.29) is 25.7 Å². The van der Waals surface area contributed by atoms with E-state index in [2.05, 4.69) is 11.9 Å². The smallest absolute Gasteiger partial charge is 0.330 e. The molecule has 33 heavy (non-hydrogen) atoms. The maximum Gasteiger partial charge on any atom is 0.330 e. The minimum atomic E-state index is -1.56. The van der Waals surface area contributed by atoms with Crippen molar-refractivity contribution < 1.29 is 14.7 Å². The molecule has 0 aliphatic heterocycles. The summed E-state index contributed by atoms with van der Waals surface area (Å²) in [4.78, 5) is 26.2. The average Bonchev–Trinajstić information content (AvgIpc) is 2.81. The van der Waals surface area contributed by atoms with Gasteiger partial charge in [-0.3, -0.25) is 4.79 Å². The van der Waals surface area contributed by atoms with Gasteiger partial charge >= 0.3 is 5.97 Å². The predicted molar refractivity (Wildman–Crippen MR) is 131 cm³/mol. The molecule has 170 valence electrons. The van der Waals surface area contributed by atoms with E-state index in [1.165, 1.54) is 6.08 Å². The lowest BCUT2D eigenvalue weighted by molar-refractivity contribution is -0.148. The van der Waals surface area contributed by atoms with Gasteiger partial charge in [0.25, 0.3) is 0 Å². The number of hydrogen-bond donors (Lipinski definition) is 3. The molecule has 0 radical (unpaired) electrons. The highest BCUT2D eigenvalue weighted by Gasteiger charge is 2.44. The molecule has 4 N–H and O–H groups in total. The lowest BCUT2D eigenvalue weighted by Crippen LogP contribution is -2.65. The molecule has 5 nitrogen and oxygen atoms in total. The van der Waals surface area contributed by atoms with E-state index in [1.807, 2.05) is 91.0 Å². The predicted octanol–water partition coefficient (Wildman–Crippen LogP) is 3.93. The molecule has 0 aromatic heterocycles. The molecule has 3 aromatic carbocycles. The fourth-order valence-electron chi connectivity index (χ4n) is 4.06. The monoisotopic (exact) mass is 442 g/mol. The maximum atomic E-state index is 13.7. The first-order valence-electron chi connectivity index (χ1n) is 10.9. The Hall–Kier alpha value is -3.70. The Labute approximate surface area is 195 Å². The van der Waals surface area contributed by atoms with E-state index in [0.29, 0.717) is 0 Å². The first-order chi connectivity index (χ1) is 15.9. The Bertz CT molecular complexity index is 1030. The van der Waals surface area contributed by atoms with Gasteiger partial charge in [-0.2, -0.15) is 0 Å². The van der Waals surface area contributed by atoms with E-state index in [4.69, 9.17) is 5.73 Å². The van der Waals surface area contributed by atoms with Crippen molar-refractivity contribution >= 4 is 11.9 Å². The van der Waals surface area contributed by atoms with Crippen LogP contribution in [0.25, 0.3) is 0 Å². The van der Waals surface area contributed by atoms with Gasteiger partial charge in [0.1, 0.15) is 11.1 Å². The summed E-state index contributed by atoms with van der Waals surface area (Å²) in [5, 5.41) is 13.0. The van der Waals surface area contributed by atoms with Crippen LogP contribution in [-0.2, 0) is 28.9 Å². The summed E-state index contributed by atoms with van der Waals surface area (Å²) >= 11 is 0. The minimum Gasteiger partial charge on any atom is -0.479 e. The number of nitrogens with two attached hydrogens (primary N) is 1. The van der Waals surface area contributed by atoms with Crippen LogP contribution < -0.4 is 11.1 Å². The van der Waals surface area contributed by atoms with Crippen LogP contribution in [0.4, 0.5) is 0 Å². The molecule has 0 unspecified atom stereocenters. The molecule has 3 aromatic rings. The maximum absolute atomic E-state index is 13.7. The zero-order chi connectivity index (χ0) is 23.7. The Kier molecular flexibility index (Phi) is 7.80. The number of aliphatic carboxylic acids is 1. The van der Waals surface area contributed by atoms with Crippen molar-refractivity contribution in [3.05, 3.63) is 120 Å². The third-order valence-corrected chi connectivity index (χ3v) is 5.78. The van der Waals surface area contributed by atoms with Crippen LogP contribution in [0.15, 0.2) is 104 Å². The summed E-state index contributed by atoms with van der Waals surface area (Å²) in [7, 11) is 0. The van der Waals surface area contributed by atoms with Crippen molar-refractivity contribution in [1.82, 2.24) is 5.32 Å². The molecule has 0 saturated carbocycles. The highest BCUT2D eigenvalue weighted by Crippen LogP contribution is 2.23. The molecule has 0 saturated heterocycles. The van der Waals surface area contributed by atoms with Gasteiger partial charge in [0, 0.05) is 6.42 Å². The molecule has 0 bridgehead atoms. The van der Waals surface area contributed by atoms with E-state index >= 15 is 0 Å². The van der Waals surface area contributed by atoms with Crippen molar-refractivity contribution in [2.24, 2.45) is 5.73 Å². The number of nitrogens with one attached hydrogen (secondary N) is 1. The number of carbonyl (C=O) groups is 2. The third kappa shape index (κ3) is 6.18. The molecule has 0 aliphatic rings. The second kappa shape index (κ2) is 10.7. The number of benzene rings is 3. The molecule has 1 atom stereocenters. The Balaban J connectivity index is 1.96. The van der Waals surface area contributed by atoms with Crippen molar-refractivity contribution in [1.29, 1.82) is 0 Å². The lowest BCUT2D eigenvalue weighted by Gasteiger charge is -2.36. The first kappa shape index (κ1) is 24.0. The standard InChI is InChI=1S/C28H30N2O3/c1-2-18-28(26(32)33,21-24-16-10-5-11-17-24)30-25(31)27(29,19-22-12-6-3-7-13-22)20-23-14-8-4-9-15-23/h2-17H,1,18-21,29H2,(H,30,31)(H,32,33)/t28-/m0/s1. The van der Waals surface area contributed by atoms with Crippen LogP contribution in [0.3, 0.4) is 0 Å². The second-order valence-electron chi connectivity index (χ2n) is 8.48. The van der Waals surface area contributed by atoms with Crippen molar-refractivity contribution in [2.75, 3.05) is 0 Å². The van der Waals surface area contributed by atoms with Gasteiger partial charge in [-0.15, -0.1) is 6.58 Å². The highest BCUT2D eigenvalue weighted by atomic mass is 16.4. The number of carboxylic acids is 1. The Morgan fingerprint density at radius 3 is 1.55 bits per heavy atom. The van der Waals surface area contributed by atoms with Crippen LogP contribution in [0, 0.1) is 0 Å². The molecule has 3 rings (SSSR count). The largest absolute Gasteiger partial charge is 0.479 e. The number of carbonyl (C=O) groups excluding carboxylic acids is 1. The minimum absolute atomic E-state index is 0.0652. The lowest BCUT2D eigenvalue weighted by atomic mass is 9.81. The molecule has 5 heteroatoms. The van der Waals surface area contributed by atoms with Crippen molar-refractivity contribution in [3.63, 3.8) is 0 Å². The summed E-state index contributed by atoms with van der Waals surface area (Å²) in [5.41, 5.74) is 6.47. The SMILES string of the molecule is C=CC[C@@](Cc1ccccc1)(NC(=O)C(N)(Cc1ccccc1)Cc1ccccc1)C(=O)O. The van der Waals surface area contributed by atoms with Gasteiger partial charge in [-0.25, -0.2) is 4.79 Å². The van der Waals surface area contributed by atoms with Crippen LogP contribution in [0.5, 0.6) is 0 Å². The normalized spacial score (nSPS) is 13.0. The number of rotatable bonds is 11. The summed E-state index contributed by atoms with van der Waals surface area (Å²) < 4.78 is 0. The van der Waals surface area contributed by atoms with E-state index in [1.54, 1.807) is 0 Å². The van der Waals surface area contributed by atoms with Gasteiger partial charge < -0.3 is 16.2 Å². The van der Waals surface area contributed by atoms with Crippen molar-refractivity contribution in [2.45, 2.75) is 36.8 Å². The van der Waals surface area contributed by atoms with Gasteiger partial charge in [-0.1, -0.05) is 97.1 Å². The Morgan fingerprint density at radius 1 is 0.788 bits per heavy atom. The van der Waals surface area contributed by atoms with E-state index in [9.17, 15) is 14.7 Å². The number of hydrogen-bond acceptors (Lipinski definition) is 3. The molecular formula is C28H30N2O3. The van der Waals surface area contributed by atoms with Gasteiger partial charge in [0.15, 0.2) is 0 Å². The van der Waals surface area contributed by atoms with E-state index in [0.717, 1.165) is 16.7 Å². The molecule has 0 heterocycles. The van der Waals surface area contributed by atoms with Crippen LogP contribution in [-0.4, -0.2) is 28.1 Å². The van der Waals surface area contributed by atoms with Gasteiger partial charge in [0.2, 0.25) is 5.91 Å². The Morgan fingerprint density at radius 2 is 1.18 bits per heavy atom. The van der Waals surface area contributed by atoms with Crippen LogP contribution in [0.2, 0.25) is 0 Å². The zero-order valence-corrected chi connectivity index (χ0v) is 18.6. The summed E-state index contributed by atoms with van der Waals surface area (Å²) in [6.07, 6.45) is 2.24. The molecular weight excluding hydrogens is 412 g/mol. The topological polar surface area (TPSA) is 92.4 Å². The zero-order valence-electron chi connectivity index (χ0n) is 18.6. The van der Waals surface area contributed by atoms with Crippen LogP contribution in [0.1, 0.15) is 23.1 Å². The summed E-state index contributed by atoms with van der Waals surface area (Å²) in [6.45, 7) is 3.73. The van der Waals surface area contributed by atoms with Gasteiger partial charge in [-0.05, 0) is 36.0 Å². The summed E-state index contributed by atoms with van der Waals surface area (Å²) in [5.74, 6) is -1.63. The molecule has 0 aliphatic carbocycles. The second-order valence-corrected chi connectivity index (χ2v) is 8.48. The van der Waals surface area contributed by atoms with Crippen molar-refractivity contribution in [3.8, 4) is 0 Å². The molecule has 0 fully saturated rings. The van der Waals surface area contributed by atoms with E-state index < -0.39 is 23.0 Å². The highest BCUT2D eigenvalue weighted by molar-refractivity contribution is 5.93.